The lowest BCUT2D eigenvalue weighted by atomic mass is 10.0. The quantitative estimate of drug-likeness (QED) is 0.844. The first-order valence-corrected chi connectivity index (χ1v) is 6.60. The number of ether oxygens (including phenoxy) is 1. The summed E-state index contributed by atoms with van der Waals surface area (Å²) in [6, 6.07) is 1.95. The molecule has 6 heteroatoms. The molecule has 2 atom stereocenters. The van der Waals surface area contributed by atoms with Crippen LogP contribution in [0.25, 0.3) is 0 Å². The van der Waals surface area contributed by atoms with Crippen molar-refractivity contribution in [3.05, 3.63) is 17.5 Å². The Morgan fingerprint density at radius 3 is 3.00 bits per heavy atom. The zero-order valence-corrected chi connectivity index (χ0v) is 11.7. The van der Waals surface area contributed by atoms with Gasteiger partial charge in [-0.1, -0.05) is 12.1 Å². The van der Waals surface area contributed by atoms with E-state index >= 15 is 0 Å². The van der Waals surface area contributed by atoms with Gasteiger partial charge in [0.1, 0.15) is 11.5 Å². The number of likely N-dealkylation sites (N-methyl/N-ethyl adjacent to an activating group) is 1. The van der Waals surface area contributed by atoms with Crippen molar-refractivity contribution in [1.82, 2.24) is 15.4 Å². The third-order valence-electron chi connectivity index (χ3n) is 3.32. The zero-order valence-electron chi connectivity index (χ0n) is 11.7. The highest BCUT2D eigenvalue weighted by atomic mass is 16.5. The van der Waals surface area contributed by atoms with Crippen LogP contribution >= 0.6 is 0 Å². The maximum Gasteiger partial charge on any atom is 0.229 e. The molecule has 2 heterocycles. The highest BCUT2D eigenvalue weighted by Crippen LogP contribution is 2.17. The molecule has 1 aliphatic heterocycles. The Kier molecular flexibility index (Phi) is 4.55. The number of aryl methyl sites for hydroxylation is 1. The van der Waals surface area contributed by atoms with Gasteiger partial charge in [-0.05, 0) is 13.5 Å². The lowest BCUT2D eigenvalue weighted by molar-refractivity contribution is -0.135. The van der Waals surface area contributed by atoms with Gasteiger partial charge in [0.05, 0.1) is 25.7 Å². The van der Waals surface area contributed by atoms with E-state index in [2.05, 4.69) is 10.5 Å². The molecule has 0 aromatic carbocycles. The van der Waals surface area contributed by atoms with Crippen molar-refractivity contribution < 1.29 is 14.1 Å². The molecule has 6 nitrogen and oxygen atoms in total. The first kappa shape index (κ1) is 14.0. The van der Waals surface area contributed by atoms with E-state index in [0.29, 0.717) is 19.8 Å². The predicted molar refractivity (Wildman–Crippen MR) is 69.5 cm³/mol. The minimum atomic E-state index is -0.113. The Labute approximate surface area is 113 Å². The molecule has 19 heavy (non-hydrogen) atoms. The van der Waals surface area contributed by atoms with Crippen molar-refractivity contribution in [2.24, 2.45) is 5.92 Å². The second kappa shape index (κ2) is 6.16. The summed E-state index contributed by atoms with van der Waals surface area (Å²) in [6.45, 7) is 6.25. The van der Waals surface area contributed by atoms with Gasteiger partial charge in [0, 0.05) is 19.2 Å². The number of nitrogens with zero attached hydrogens (tertiary/aromatic N) is 2. The SMILES string of the molecule is CCNC1COCC1C(=O)N(C)Cc1cc(C)on1. The van der Waals surface area contributed by atoms with Crippen LogP contribution in [0.3, 0.4) is 0 Å². The number of nitrogens with one attached hydrogen (secondary N) is 1. The molecule has 0 saturated carbocycles. The highest BCUT2D eigenvalue weighted by Gasteiger charge is 2.35. The number of amides is 1. The summed E-state index contributed by atoms with van der Waals surface area (Å²) in [4.78, 5) is 14.1. The fourth-order valence-electron chi connectivity index (χ4n) is 2.36. The summed E-state index contributed by atoms with van der Waals surface area (Å²) in [5, 5.41) is 7.20. The highest BCUT2D eigenvalue weighted by molar-refractivity contribution is 5.79. The average molecular weight is 267 g/mol. The third kappa shape index (κ3) is 3.33. The first-order chi connectivity index (χ1) is 9.11. The van der Waals surface area contributed by atoms with E-state index in [0.717, 1.165) is 18.0 Å². The van der Waals surface area contributed by atoms with Crippen LogP contribution in [0.2, 0.25) is 0 Å². The van der Waals surface area contributed by atoms with Crippen LogP contribution in [0.5, 0.6) is 0 Å². The van der Waals surface area contributed by atoms with Gasteiger partial charge in [-0.2, -0.15) is 0 Å². The van der Waals surface area contributed by atoms with E-state index in [1.165, 1.54) is 0 Å². The van der Waals surface area contributed by atoms with Crippen molar-refractivity contribution in [2.45, 2.75) is 26.4 Å². The lowest BCUT2D eigenvalue weighted by Gasteiger charge is -2.23. The Morgan fingerprint density at radius 2 is 2.37 bits per heavy atom. The Balaban J connectivity index is 1.94. The second-order valence-corrected chi connectivity index (χ2v) is 4.93. The molecule has 1 fully saturated rings. The van der Waals surface area contributed by atoms with Crippen molar-refractivity contribution in [1.29, 1.82) is 0 Å². The smallest absolute Gasteiger partial charge is 0.229 e. The van der Waals surface area contributed by atoms with E-state index < -0.39 is 0 Å². The monoisotopic (exact) mass is 267 g/mol. The number of aromatic nitrogens is 1. The molecule has 1 aromatic heterocycles. The number of carbonyl (C=O) groups excluding carboxylic acids is 1. The number of carbonyl (C=O) groups is 1. The maximum absolute atomic E-state index is 12.4. The van der Waals surface area contributed by atoms with Crippen molar-refractivity contribution in [3.8, 4) is 0 Å². The van der Waals surface area contributed by atoms with Gasteiger partial charge in [-0.15, -0.1) is 0 Å². The third-order valence-corrected chi connectivity index (χ3v) is 3.32. The second-order valence-electron chi connectivity index (χ2n) is 4.93. The predicted octanol–water partition coefficient (Wildman–Crippen LogP) is 0.566. The summed E-state index contributed by atoms with van der Waals surface area (Å²) in [7, 11) is 1.79. The summed E-state index contributed by atoms with van der Waals surface area (Å²) in [5.41, 5.74) is 0.771. The molecule has 0 spiro atoms. The van der Waals surface area contributed by atoms with Crippen LogP contribution in [0.15, 0.2) is 10.6 Å². The fraction of sp³-hybridized carbons (Fsp3) is 0.692. The van der Waals surface area contributed by atoms with Gasteiger partial charge in [0.15, 0.2) is 0 Å². The van der Waals surface area contributed by atoms with Crippen molar-refractivity contribution in [2.75, 3.05) is 26.8 Å². The van der Waals surface area contributed by atoms with Crippen LogP contribution in [0.4, 0.5) is 0 Å². The molecule has 0 bridgehead atoms. The topological polar surface area (TPSA) is 67.6 Å². The number of hydrogen-bond donors (Lipinski definition) is 1. The van der Waals surface area contributed by atoms with E-state index in [-0.39, 0.29) is 17.9 Å². The van der Waals surface area contributed by atoms with Crippen LogP contribution in [-0.2, 0) is 16.1 Å². The van der Waals surface area contributed by atoms with Crippen LogP contribution in [0, 0.1) is 12.8 Å². The minimum Gasteiger partial charge on any atom is -0.379 e. The number of rotatable bonds is 5. The van der Waals surface area contributed by atoms with Crippen LogP contribution < -0.4 is 5.32 Å². The van der Waals surface area contributed by atoms with Gasteiger partial charge < -0.3 is 19.5 Å². The van der Waals surface area contributed by atoms with E-state index in [1.807, 2.05) is 19.9 Å². The Morgan fingerprint density at radius 1 is 1.58 bits per heavy atom. The molecule has 2 unspecified atom stereocenters. The summed E-state index contributed by atoms with van der Waals surface area (Å²) in [5.74, 6) is 0.729. The molecule has 1 amide bonds. The van der Waals surface area contributed by atoms with Crippen molar-refractivity contribution >= 4 is 5.91 Å². The molecule has 0 radical (unpaired) electrons. The Bertz CT molecular complexity index is 433. The molecule has 106 valence electrons. The van der Waals surface area contributed by atoms with Gasteiger partial charge in [0.25, 0.3) is 0 Å². The molecule has 1 aromatic rings. The van der Waals surface area contributed by atoms with Gasteiger partial charge in [-0.25, -0.2) is 0 Å². The largest absolute Gasteiger partial charge is 0.379 e. The van der Waals surface area contributed by atoms with Gasteiger partial charge in [0.2, 0.25) is 5.91 Å². The molecule has 1 saturated heterocycles. The molecule has 0 aliphatic carbocycles. The average Bonchev–Trinajstić information content (AvgIpc) is 2.98. The van der Waals surface area contributed by atoms with Crippen molar-refractivity contribution in [3.63, 3.8) is 0 Å². The van der Waals surface area contributed by atoms with Crippen LogP contribution in [-0.4, -0.2) is 48.8 Å². The molecule has 1 N–H and O–H groups in total. The van der Waals surface area contributed by atoms with E-state index in [9.17, 15) is 4.79 Å². The van der Waals surface area contributed by atoms with Crippen LogP contribution in [0.1, 0.15) is 18.4 Å². The fourth-order valence-corrected chi connectivity index (χ4v) is 2.36. The first-order valence-electron chi connectivity index (χ1n) is 6.60. The van der Waals surface area contributed by atoms with Gasteiger partial charge in [-0.3, -0.25) is 4.79 Å². The van der Waals surface area contributed by atoms with E-state index in [1.54, 1.807) is 11.9 Å². The molecular weight excluding hydrogens is 246 g/mol. The Hall–Kier alpha value is -1.40. The summed E-state index contributed by atoms with van der Waals surface area (Å²) >= 11 is 0. The van der Waals surface area contributed by atoms with E-state index in [4.69, 9.17) is 9.26 Å². The maximum atomic E-state index is 12.4. The zero-order chi connectivity index (χ0) is 13.8. The molecule has 1 aliphatic rings. The van der Waals surface area contributed by atoms with Gasteiger partial charge >= 0.3 is 0 Å². The summed E-state index contributed by atoms with van der Waals surface area (Å²) in [6.07, 6.45) is 0. The minimum absolute atomic E-state index is 0.0871. The lowest BCUT2D eigenvalue weighted by Crippen LogP contribution is -2.44. The molecule has 2 rings (SSSR count). The summed E-state index contributed by atoms with van der Waals surface area (Å²) < 4.78 is 10.4. The number of hydrogen-bond acceptors (Lipinski definition) is 5. The standard InChI is InChI=1S/C13H21N3O3/c1-4-14-12-8-18-7-11(12)13(17)16(3)6-10-5-9(2)19-15-10/h5,11-12,14H,4,6-8H2,1-3H3. The molecular formula is C13H21N3O3. The normalized spacial score (nSPS) is 22.7.